The number of nitrogens with one attached hydrogen (secondary N) is 1. The van der Waals surface area contributed by atoms with Gasteiger partial charge in [-0.3, -0.25) is 0 Å². The summed E-state index contributed by atoms with van der Waals surface area (Å²) in [6.45, 7) is 7.18. The van der Waals surface area contributed by atoms with Crippen molar-refractivity contribution in [2.75, 3.05) is 19.8 Å². The highest BCUT2D eigenvalue weighted by Gasteiger charge is 2.37. The van der Waals surface area contributed by atoms with Crippen LogP contribution in [0.2, 0.25) is 0 Å². The second kappa shape index (κ2) is 6.91. The second-order valence-corrected chi connectivity index (χ2v) is 5.61. The molecule has 1 aromatic rings. The van der Waals surface area contributed by atoms with Crippen molar-refractivity contribution in [3.05, 3.63) is 35.9 Å². The van der Waals surface area contributed by atoms with Crippen LogP contribution >= 0.6 is 0 Å². The van der Waals surface area contributed by atoms with Crippen LogP contribution in [0, 0.1) is 5.92 Å². The van der Waals surface area contributed by atoms with Crippen molar-refractivity contribution < 1.29 is 4.74 Å². The first kappa shape index (κ1) is 13.6. The van der Waals surface area contributed by atoms with E-state index < -0.39 is 0 Å². The fourth-order valence-corrected chi connectivity index (χ4v) is 2.23. The van der Waals surface area contributed by atoms with Crippen LogP contribution in [0.5, 0.6) is 0 Å². The molecule has 0 spiro atoms. The third-order valence-corrected chi connectivity index (χ3v) is 3.51. The van der Waals surface area contributed by atoms with Crippen molar-refractivity contribution in [1.82, 2.24) is 5.32 Å². The van der Waals surface area contributed by atoms with Gasteiger partial charge >= 0.3 is 0 Å². The van der Waals surface area contributed by atoms with E-state index in [2.05, 4.69) is 49.5 Å². The van der Waals surface area contributed by atoms with Gasteiger partial charge in [0.1, 0.15) is 0 Å². The number of rotatable bonds is 8. The molecule has 0 heterocycles. The van der Waals surface area contributed by atoms with Crippen molar-refractivity contribution in [3.63, 3.8) is 0 Å². The Hall–Kier alpha value is -0.860. The van der Waals surface area contributed by atoms with E-state index in [0.29, 0.717) is 6.04 Å². The van der Waals surface area contributed by atoms with Crippen LogP contribution in [0.1, 0.15) is 38.2 Å². The zero-order chi connectivity index (χ0) is 12.8. The van der Waals surface area contributed by atoms with Gasteiger partial charge in [0.2, 0.25) is 0 Å². The predicted molar refractivity (Wildman–Crippen MR) is 75.9 cm³/mol. The van der Waals surface area contributed by atoms with Gasteiger partial charge in [-0.05, 0) is 24.3 Å². The van der Waals surface area contributed by atoms with Crippen molar-refractivity contribution in [3.8, 4) is 0 Å². The first-order chi connectivity index (χ1) is 8.77. The molecule has 0 aliphatic heterocycles. The molecule has 2 unspecified atom stereocenters. The Morgan fingerprint density at radius 2 is 2.00 bits per heavy atom. The Morgan fingerprint density at radius 3 is 2.72 bits per heavy atom. The molecule has 0 amide bonds. The zero-order valence-corrected chi connectivity index (χ0v) is 11.6. The summed E-state index contributed by atoms with van der Waals surface area (Å²) in [5, 5.41) is 3.57. The van der Waals surface area contributed by atoms with Crippen molar-refractivity contribution in [2.45, 2.75) is 38.6 Å². The van der Waals surface area contributed by atoms with E-state index in [9.17, 15) is 0 Å². The maximum atomic E-state index is 5.60. The molecule has 2 atom stereocenters. The quantitative estimate of drug-likeness (QED) is 0.712. The molecular formula is C16H25NO. The van der Waals surface area contributed by atoms with Gasteiger partial charge in [-0.2, -0.15) is 0 Å². The lowest BCUT2D eigenvalue weighted by atomic mass is 10.1. The SMILES string of the molecule is CC(C)CCOCCNC1CC1c1ccccc1. The second-order valence-electron chi connectivity index (χ2n) is 5.61. The minimum absolute atomic E-state index is 0.668. The fraction of sp³-hybridized carbons (Fsp3) is 0.625. The van der Waals surface area contributed by atoms with Gasteiger partial charge in [-0.1, -0.05) is 44.2 Å². The molecule has 1 aliphatic carbocycles. The Morgan fingerprint density at radius 1 is 1.22 bits per heavy atom. The maximum Gasteiger partial charge on any atom is 0.0591 e. The van der Waals surface area contributed by atoms with Gasteiger partial charge in [0, 0.05) is 25.1 Å². The molecule has 2 rings (SSSR count). The lowest BCUT2D eigenvalue weighted by Gasteiger charge is -2.07. The molecule has 100 valence electrons. The third kappa shape index (κ3) is 4.43. The van der Waals surface area contributed by atoms with Crippen LogP contribution in [0.4, 0.5) is 0 Å². The number of hydrogen-bond acceptors (Lipinski definition) is 2. The summed E-state index contributed by atoms with van der Waals surface area (Å²) in [6.07, 6.45) is 2.44. The van der Waals surface area contributed by atoms with Crippen LogP contribution in [0.15, 0.2) is 30.3 Å². The van der Waals surface area contributed by atoms with Crippen LogP contribution < -0.4 is 5.32 Å². The summed E-state index contributed by atoms with van der Waals surface area (Å²) in [6, 6.07) is 11.5. The van der Waals surface area contributed by atoms with Crippen LogP contribution in [0.25, 0.3) is 0 Å². The summed E-state index contributed by atoms with van der Waals surface area (Å²) >= 11 is 0. The average Bonchev–Trinajstić information content (AvgIpc) is 3.14. The molecule has 1 N–H and O–H groups in total. The topological polar surface area (TPSA) is 21.3 Å². The Labute approximate surface area is 111 Å². The minimum Gasteiger partial charge on any atom is -0.380 e. The van der Waals surface area contributed by atoms with Gasteiger partial charge < -0.3 is 10.1 Å². The van der Waals surface area contributed by atoms with E-state index in [1.807, 2.05) is 0 Å². The zero-order valence-electron chi connectivity index (χ0n) is 11.6. The van der Waals surface area contributed by atoms with Crippen molar-refractivity contribution in [2.24, 2.45) is 5.92 Å². The normalized spacial score (nSPS) is 22.4. The summed E-state index contributed by atoms with van der Waals surface area (Å²) in [4.78, 5) is 0. The largest absolute Gasteiger partial charge is 0.380 e. The van der Waals surface area contributed by atoms with Gasteiger partial charge in [-0.25, -0.2) is 0 Å². The lowest BCUT2D eigenvalue weighted by Crippen LogP contribution is -2.23. The summed E-state index contributed by atoms with van der Waals surface area (Å²) in [7, 11) is 0. The first-order valence-electron chi connectivity index (χ1n) is 7.13. The highest BCUT2D eigenvalue weighted by molar-refractivity contribution is 5.27. The fourth-order valence-electron chi connectivity index (χ4n) is 2.23. The molecule has 0 aromatic heterocycles. The maximum absolute atomic E-state index is 5.60. The summed E-state index contributed by atoms with van der Waals surface area (Å²) in [5.74, 6) is 1.46. The molecule has 0 radical (unpaired) electrons. The van der Waals surface area contributed by atoms with Gasteiger partial charge in [0.15, 0.2) is 0 Å². The minimum atomic E-state index is 0.668. The van der Waals surface area contributed by atoms with E-state index in [0.717, 1.165) is 38.0 Å². The molecule has 0 saturated heterocycles. The Kier molecular flexibility index (Phi) is 5.21. The monoisotopic (exact) mass is 247 g/mol. The molecule has 1 aliphatic rings. The lowest BCUT2D eigenvalue weighted by molar-refractivity contribution is 0.125. The van der Waals surface area contributed by atoms with Gasteiger partial charge in [-0.15, -0.1) is 0 Å². The molecule has 1 fully saturated rings. The van der Waals surface area contributed by atoms with Gasteiger partial charge in [0.05, 0.1) is 6.61 Å². The average molecular weight is 247 g/mol. The molecule has 0 bridgehead atoms. The van der Waals surface area contributed by atoms with Gasteiger partial charge in [0.25, 0.3) is 0 Å². The molecule has 1 aromatic carbocycles. The summed E-state index contributed by atoms with van der Waals surface area (Å²) in [5.41, 5.74) is 1.47. The Bertz CT molecular complexity index is 336. The van der Waals surface area contributed by atoms with Crippen LogP contribution in [-0.4, -0.2) is 25.8 Å². The smallest absolute Gasteiger partial charge is 0.0591 e. The number of ether oxygens (including phenoxy) is 1. The number of hydrogen-bond donors (Lipinski definition) is 1. The third-order valence-electron chi connectivity index (χ3n) is 3.51. The van der Waals surface area contributed by atoms with Crippen LogP contribution in [0.3, 0.4) is 0 Å². The summed E-state index contributed by atoms with van der Waals surface area (Å²) < 4.78 is 5.60. The number of benzene rings is 1. The van der Waals surface area contributed by atoms with E-state index in [4.69, 9.17) is 4.74 Å². The van der Waals surface area contributed by atoms with Crippen molar-refractivity contribution >= 4 is 0 Å². The highest BCUT2D eigenvalue weighted by atomic mass is 16.5. The van der Waals surface area contributed by atoms with Crippen molar-refractivity contribution in [1.29, 1.82) is 0 Å². The molecule has 2 nitrogen and oxygen atoms in total. The van der Waals surface area contributed by atoms with E-state index in [-0.39, 0.29) is 0 Å². The predicted octanol–water partition coefficient (Wildman–Crippen LogP) is 3.19. The molecule has 2 heteroatoms. The van der Waals surface area contributed by atoms with E-state index in [1.54, 1.807) is 0 Å². The van der Waals surface area contributed by atoms with E-state index >= 15 is 0 Å². The molecule has 1 saturated carbocycles. The van der Waals surface area contributed by atoms with Crippen LogP contribution in [-0.2, 0) is 4.74 Å². The molecular weight excluding hydrogens is 222 g/mol. The standard InChI is InChI=1S/C16H25NO/c1-13(2)8-10-18-11-9-17-16-12-15(16)14-6-4-3-5-7-14/h3-7,13,15-17H,8-12H2,1-2H3. The van der Waals surface area contributed by atoms with E-state index in [1.165, 1.54) is 12.0 Å². The first-order valence-corrected chi connectivity index (χ1v) is 7.13. The highest BCUT2D eigenvalue weighted by Crippen LogP contribution is 2.40. The molecule has 18 heavy (non-hydrogen) atoms. The Balaban J connectivity index is 1.52.